The Morgan fingerprint density at radius 3 is 0.815 bits per heavy atom. The Bertz CT molecular complexity index is 6200. The van der Waals surface area contributed by atoms with Crippen molar-refractivity contribution in [2.24, 2.45) is 29.4 Å². The van der Waals surface area contributed by atoms with Crippen molar-refractivity contribution in [2.45, 2.75) is 92.9 Å². The Kier molecular flexibility index (Phi) is 28.1. The molecule has 4 aliphatic heterocycles. The van der Waals surface area contributed by atoms with Crippen molar-refractivity contribution in [3.05, 3.63) is 348 Å². The van der Waals surface area contributed by atoms with Crippen molar-refractivity contribution in [2.75, 3.05) is 69.7 Å². The van der Waals surface area contributed by atoms with Crippen molar-refractivity contribution >= 4 is 122 Å². The zero-order valence-corrected chi connectivity index (χ0v) is 82.8. The molecule has 35 heteroatoms. The fourth-order valence-electron chi connectivity index (χ4n) is 22.4. The van der Waals surface area contributed by atoms with E-state index in [0.717, 1.165) is 45.7 Å². The monoisotopic (exact) mass is 2170 g/mol. The van der Waals surface area contributed by atoms with Gasteiger partial charge in [-0.05, 0) is 114 Å². The Morgan fingerprint density at radius 1 is 0.363 bits per heavy atom. The number of nitrogens with zero attached hydrogens (tertiary/aromatic N) is 4. The Labute approximate surface area is 831 Å². The number of amides is 1. The van der Waals surface area contributed by atoms with Crippen LogP contribution in [0.15, 0.2) is 261 Å². The maximum Gasteiger partial charge on any atom is 0.310 e. The molecule has 20 rings (SSSR count). The SMILES string of the molecule is CN.CNC(=O)[C@H]1[C@@H](O)[C@@]2(O)c3c(cc(Cl)nc3OC)O[C@@]2(c2ccc(Br)cc2)[C@@H]1c1ccccc1.CNC[C@H]1[C@@H](O)[C@@]2(O)c3c(cc(Cl)nc3OC)O[C@@]2(c2ccc(Br)cc2)[C@@H]1c1ccccc1.CNC[C@H]1[C@@H](O)[C@@]2(O)c3c(cc(Cl)nc3OC)O[C@@]2(c2ccc(Br)cc2)[C@@H]1c1ccccc1.COc1nc(Cl)cc2c1[C@]1(O)[C@H](O)[C@H](C(=O)O)[C@@H](c3ccccc3)[C@]1(c1ccc(Br)cc1)O2. The molecule has 135 heavy (non-hydrogen) atoms. The number of rotatable bonds is 18. The maximum atomic E-state index is 13.2. The summed E-state index contributed by atoms with van der Waals surface area (Å²) >= 11 is 38.8. The number of nitrogens with two attached hydrogens (primary N) is 1. The van der Waals surface area contributed by atoms with E-state index in [4.69, 9.17) is 84.3 Å². The highest BCUT2D eigenvalue weighted by Crippen LogP contribution is 2.75. The average molecular weight is 2170 g/mol. The minimum atomic E-state index is -2.21. The van der Waals surface area contributed by atoms with Gasteiger partial charge in [0.15, 0.2) is 44.8 Å². The highest BCUT2D eigenvalue weighted by Gasteiger charge is 2.82. The zero-order valence-electron chi connectivity index (χ0n) is 73.4. The Hall–Kier alpha value is -9.66. The molecule has 4 fully saturated rings. The number of aliphatic hydroxyl groups is 8. The van der Waals surface area contributed by atoms with Crippen molar-refractivity contribution in [1.29, 1.82) is 0 Å². The number of hydrogen-bond donors (Lipinski definition) is 13. The van der Waals surface area contributed by atoms with Crippen LogP contribution in [0.25, 0.3) is 0 Å². The average Bonchev–Trinajstić information content (AvgIpc) is 1.51. The highest BCUT2D eigenvalue weighted by molar-refractivity contribution is 9.11. The van der Waals surface area contributed by atoms with Crippen LogP contribution in [0, 0.1) is 23.7 Å². The van der Waals surface area contributed by atoms with E-state index in [1.165, 1.54) is 54.7 Å². The number of aliphatic carboxylic acids is 1. The summed E-state index contributed by atoms with van der Waals surface area (Å²) in [4.78, 5) is 42.7. The van der Waals surface area contributed by atoms with Gasteiger partial charge in [0.05, 0.1) is 74.7 Å². The van der Waals surface area contributed by atoms with E-state index in [2.05, 4.69) is 105 Å². The fraction of sp³-hybridized carbons (Fsp3) is 0.300. The molecule has 12 aromatic rings. The predicted octanol–water partition coefficient (Wildman–Crippen LogP) is 14.9. The number of pyridine rings is 4. The largest absolute Gasteiger partial charge is 0.481 e. The lowest BCUT2D eigenvalue weighted by Gasteiger charge is -2.41. The molecule has 0 radical (unpaired) electrons. The van der Waals surface area contributed by atoms with Crippen molar-refractivity contribution < 1.29 is 93.4 Å². The smallest absolute Gasteiger partial charge is 0.310 e. The van der Waals surface area contributed by atoms with Gasteiger partial charge in [-0.2, -0.15) is 0 Å². The number of benzene rings is 8. The predicted molar refractivity (Wildman–Crippen MR) is 519 cm³/mol. The molecule has 704 valence electrons. The normalized spacial score (nSPS) is 29.3. The zero-order chi connectivity index (χ0) is 96.6. The molecule has 4 saturated carbocycles. The van der Waals surface area contributed by atoms with E-state index in [9.17, 15) is 55.5 Å². The van der Waals surface area contributed by atoms with Crippen LogP contribution in [0.3, 0.4) is 0 Å². The number of carboxylic acids is 1. The molecule has 14 N–H and O–H groups in total. The number of ether oxygens (including phenoxy) is 8. The van der Waals surface area contributed by atoms with E-state index < -0.39 is 117 Å². The number of carboxylic acid groups (broad SMARTS) is 1. The second-order valence-electron chi connectivity index (χ2n) is 33.5. The van der Waals surface area contributed by atoms with Gasteiger partial charge in [0.25, 0.3) is 0 Å². The molecule has 20 atom stereocenters. The number of carbonyl (C=O) groups is 2. The third-order valence-electron chi connectivity index (χ3n) is 27.3. The van der Waals surface area contributed by atoms with Gasteiger partial charge < -0.3 is 106 Å². The van der Waals surface area contributed by atoms with Gasteiger partial charge in [0.2, 0.25) is 29.4 Å². The summed E-state index contributed by atoms with van der Waals surface area (Å²) in [6.07, 6.45) is -5.67. The Morgan fingerprint density at radius 2 is 0.585 bits per heavy atom. The number of fused-ring (bicyclic) bond motifs is 12. The number of hydrogen-bond acceptors (Lipinski definition) is 25. The highest BCUT2D eigenvalue weighted by atomic mass is 79.9. The van der Waals surface area contributed by atoms with E-state index in [1.807, 2.05) is 166 Å². The number of aromatic nitrogens is 4. The topological polar surface area (TPSA) is 404 Å². The molecule has 0 bridgehead atoms. The summed E-state index contributed by atoms with van der Waals surface area (Å²) in [7, 11) is 12.3. The molecule has 8 heterocycles. The molecule has 0 saturated heterocycles. The van der Waals surface area contributed by atoms with Crippen LogP contribution in [-0.2, 0) is 54.4 Å². The molecular weight excluding hydrogens is 2080 g/mol. The molecule has 27 nitrogen and oxygen atoms in total. The second kappa shape index (κ2) is 38.6. The molecule has 1 amide bonds. The molecule has 4 aliphatic carbocycles. The van der Waals surface area contributed by atoms with Gasteiger partial charge >= 0.3 is 5.97 Å². The lowest BCUT2D eigenvalue weighted by molar-refractivity contribution is -0.159. The molecule has 8 aromatic carbocycles. The van der Waals surface area contributed by atoms with Crippen LogP contribution < -0.4 is 59.6 Å². The van der Waals surface area contributed by atoms with Gasteiger partial charge in [0, 0.05) is 97.8 Å². The molecule has 0 unspecified atom stereocenters. The van der Waals surface area contributed by atoms with Crippen molar-refractivity contribution in [3.63, 3.8) is 0 Å². The Balaban J connectivity index is 0.000000130. The van der Waals surface area contributed by atoms with Crippen LogP contribution >= 0.6 is 110 Å². The van der Waals surface area contributed by atoms with Gasteiger partial charge in [-0.3, -0.25) is 9.59 Å². The number of methoxy groups -OCH3 is 4. The first-order valence-corrected chi connectivity index (χ1v) is 47.4. The quantitative estimate of drug-likeness (QED) is 0.0355. The van der Waals surface area contributed by atoms with E-state index in [-0.39, 0.29) is 78.6 Å². The maximum absolute atomic E-state index is 13.2. The number of halogens is 8. The third-order valence-corrected chi connectivity index (χ3v) is 30.2. The van der Waals surface area contributed by atoms with Crippen LogP contribution in [0.5, 0.6) is 46.5 Å². The third kappa shape index (κ3) is 15.2. The van der Waals surface area contributed by atoms with Crippen LogP contribution in [0.4, 0.5) is 0 Å². The molecular formula is C100H94Br4Cl4N8O19. The molecule has 4 aromatic heterocycles. The van der Waals surface area contributed by atoms with E-state index in [0.29, 0.717) is 52.4 Å². The van der Waals surface area contributed by atoms with Gasteiger partial charge in [0.1, 0.15) is 55.8 Å². The fourth-order valence-corrected chi connectivity index (χ4v) is 24.1. The van der Waals surface area contributed by atoms with Crippen molar-refractivity contribution in [1.82, 2.24) is 35.9 Å². The number of carbonyl (C=O) groups excluding carboxylic acids is 1. The molecule has 8 aliphatic rings. The summed E-state index contributed by atoms with van der Waals surface area (Å²) in [6.45, 7) is 0.923. The first-order chi connectivity index (χ1) is 64.8. The summed E-state index contributed by atoms with van der Waals surface area (Å²) in [5.41, 5.74) is -2.92. The van der Waals surface area contributed by atoms with Gasteiger partial charge in [-0.15, -0.1) is 0 Å². The standard InChI is InChI=1S/C25H22BrClN2O5.2C25H24BrClN2O4.C24H19BrClNO6.CH5N/c1-28-22(31)18-19(13-6-4-3-5-7-13)25(14-8-10-15(26)11-9-14)24(32,21(18)30)20-16(34-25)12-17(27)29-23(20)33-2;2*1-28-13-17-20(14-6-4-3-5-7-14)25(15-8-10-16(26)11-9-15)24(31,22(17)30)21-18(33-25)12-19(27)29-23(21)32-2;1-32-21-19-15(11-16(26)27-21)33-24(13-7-9-14(25)10-8-13)18(12-5-3-2-4-6-12)17(22(29)30)20(28)23(19,24)31;1-2/h3-12,18-19,21,30,32H,1-2H3,(H,28,31);2*3-12,17,20,22,28,30-31H,13H2,1-2H3;2-11,17-18,20,28,31H,1H3,(H,29,30);2H2,1H3/t18-,19-,21-,24+,25+;2*17-,20-,22-,24+,25+;17-,18-,20-,23+,24+;/m1111./s1. The summed E-state index contributed by atoms with van der Waals surface area (Å²) in [5.74, 6) is -6.07. The van der Waals surface area contributed by atoms with E-state index in [1.54, 1.807) is 78.9 Å². The van der Waals surface area contributed by atoms with Crippen LogP contribution in [0.2, 0.25) is 20.6 Å². The first kappa shape index (κ1) is 98.4. The minimum Gasteiger partial charge on any atom is -0.481 e. The van der Waals surface area contributed by atoms with Crippen LogP contribution in [0.1, 0.15) is 90.4 Å². The van der Waals surface area contributed by atoms with Gasteiger partial charge in [-0.25, -0.2) is 19.9 Å². The van der Waals surface area contributed by atoms with Crippen molar-refractivity contribution in [3.8, 4) is 46.5 Å². The lowest BCUT2D eigenvalue weighted by Crippen LogP contribution is -2.52. The van der Waals surface area contributed by atoms with Crippen LogP contribution in [-0.4, -0.2) is 172 Å². The second-order valence-corrected chi connectivity index (χ2v) is 38.7. The summed E-state index contributed by atoms with van der Waals surface area (Å²) in [6, 6.07) is 73.4. The lowest BCUT2D eigenvalue weighted by atomic mass is 9.71. The summed E-state index contributed by atoms with van der Waals surface area (Å²) < 4.78 is 51.9. The first-order valence-electron chi connectivity index (χ1n) is 42.7. The minimum absolute atomic E-state index is 0.0207. The van der Waals surface area contributed by atoms with Gasteiger partial charge in [-0.1, -0.05) is 280 Å². The molecule has 0 spiro atoms. The summed E-state index contributed by atoms with van der Waals surface area (Å²) in [5, 5.41) is 117. The number of nitrogens with one attached hydrogen (secondary N) is 3. The van der Waals surface area contributed by atoms with E-state index >= 15 is 0 Å². The number of aliphatic hydroxyl groups excluding tert-OH is 4.